The van der Waals surface area contributed by atoms with E-state index < -0.39 is 17.9 Å². The molecule has 0 bridgehead atoms. The van der Waals surface area contributed by atoms with Crippen LogP contribution in [-0.4, -0.2) is 23.0 Å². The standard InChI is InChI=1S/C19H17N3O3/c20-18(23)15(11-13-7-3-1-4-8-13)21-19(24)16-12-17(25-22-16)14-9-5-2-6-10-14/h1-10,12,15H,11H2,(H2,20,23)(H,21,24)/t15-/m0/s1. The number of carbonyl (C=O) groups is 2. The van der Waals surface area contributed by atoms with Crippen molar-refractivity contribution in [1.82, 2.24) is 10.5 Å². The Bertz CT molecular complexity index is 860. The van der Waals surface area contributed by atoms with Crippen molar-refractivity contribution < 1.29 is 14.1 Å². The zero-order valence-electron chi connectivity index (χ0n) is 13.4. The maximum atomic E-state index is 12.4. The van der Waals surface area contributed by atoms with Crippen molar-refractivity contribution in [2.24, 2.45) is 5.73 Å². The van der Waals surface area contributed by atoms with Crippen molar-refractivity contribution in [3.63, 3.8) is 0 Å². The first-order valence-corrected chi connectivity index (χ1v) is 7.80. The summed E-state index contributed by atoms with van der Waals surface area (Å²) in [7, 11) is 0. The fourth-order valence-electron chi connectivity index (χ4n) is 2.43. The molecule has 0 unspecified atom stereocenters. The molecular weight excluding hydrogens is 318 g/mol. The number of hydrogen-bond acceptors (Lipinski definition) is 4. The van der Waals surface area contributed by atoms with Gasteiger partial charge in [0.1, 0.15) is 6.04 Å². The van der Waals surface area contributed by atoms with Crippen molar-refractivity contribution >= 4 is 11.8 Å². The summed E-state index contributed by atoms with van der Waals surface area (Å²) in [5, 5.41) is 6.38. The predicted molar refractivity (Wildman–Crippen MR) is 92.5 cm³/mol. The van der Waals surface area contributed by atoms with E-state index in [4.69, 9.17) is 10.3 Å². The van der Waals surface area contributed by atoms with Crippen LogP contribution in [0.25, 0.3) is 11.3 Å². The fourth-order valence-corrected chi connectivity index (χ4v) is 2.43. The molecule has 0 aliphatic carbocycles. The van der Waals surface area contributed by atoms with Gasteiger partial charge >= 0.3 is 0 Å². The lowest BCUT2D eigenvalue weighted by Crippen LogP contribution is -2.45. The second-order valence-electron chi connectivity index (χ2n) is 5.56. The summed E-state index contributed by atoms with van der Waals surface area (Å²) >= 11 is 0. The van der Waals surface area contributed by atoms with E-state index in [2.05, 4.69) is 10.5 Å². The molecule has 6 heteroatoms. The number of primary amides is 1. The normalized spacial score (nSPS) is 11.7. The number of hydrogen-bond donors (Lipinski definition) is 2. The maximum absolute atomic E-state index is 12.4. The van der Waals surface area contributed by atoms with Gasteiger partial charge in [0.15, 0.2) is 11.5 Å². The van der Waals surface area contributed by atoms with Crippen molar-refractivity contribution in [2.45, 2.75) is 12.5 Å². The molecule has 3 rings (SSSR count). The van der Waals surface area contributed by atoms with Crippen LogP contribution in [0.4, 0.5) is 0 Å². The molecule has 3 aromatic rings. The van der Waals surface area contributed by atoms with Crippen LogP contribution in [0.1, 0.15) is 16.1 Å². The Balaban J connectivity index is 1.72. The predicted octanol–water partition coefficient (Wildman–Crippen LogP) is 2.17. The maximum Gasteiger partial charge on any atom is 0.274 e. The molecular formula is C19H17N3O3. The van der Waals surface area contributed by atoms with E-state index in [0.29, 0.717) is 12.2 Å². The number of amides is 2. The lowest BCUT2D eigenvalue weighted by Gasteiger charge is -2.14. The monoisotopic (exact) mass is 335 g/mol. The Morgan fingerprint density at radius 3 is 2.32 bits per heavy atom. The van der Waals surface area contributed by atoms with E-state index in [9.17, 15) is 9.59 Å². The second kappa shape index (κ2) is 7.44. The first kappa shape index (κ1) is 16.4. The number of nitrogens with two attached hydrogens (primary N) is 1. The van der Waals surface area contributed by atoms with Crippen molar-refractivity contribution in [3.05, 3.63) is 78.0 Å². The van der Waals surface area contributed by atoms with Crippen LogP contribution in [0.2, 0.25) is 0 Å². The number of benzene rings is 2. The average Bonchev–Trinajstić information content (AvgIpc) is 3.13. The van der Waals surface area contributed by atoms with Crippen molar-refractivity contribution in [1.29, 1.82) is 0 Å². The number of rotatable bonds is 6. The first-order chi connectivity index (χ1) is 12.1. The zero-order chi connectivity index (χ0) is 17.6. The van der Waals surface area contributed by atoms with Crippen LogP contribution in [0.3, 0.4) is 0 Å². The quantitative estimate of drug-likeness (QED) is 0.721. The molecule has 1 atom stereocenters. The van der Waals surface area contributed by atoms with Crippen LogP contribution < -0.4 is 11.1 Å². The minimum atomic E-state index is -0.827. The molecule has 25 heavy (non-hydrogen) atoms. The average molecular weight is 335 g/mol. The topological polar surface area (TPSA) is 98.2 Å². The molecule has 0 saturated heterocycles. The van der Waals surface area contributed by atoms with Crippen LogP contribution in [0.5, 0.6) is 0 Å². The van der Waals surface area contributed by atoms with Gasteiger partial charge in [0.2, 0.25) is 5.91 Å². The molecule has 6 nitrogen and oxygen atoms in total. The Morgan fingerprint density at radius 2 is 1.68 bits per heavy atom. The summed E-state index contributed by atoms with van der Waals surface area (Å²) in [6, 6.07) is 19.3. The van der Waals surface area contributed by atoms with E-state index >= 15 is 0 Å². The molecule has 0 aliphatic rings. The summed E-state index contributed by atoms with van der Waals surface area (Å²) in [4.78, 5) is 24.0. The lowest BCUT2D eigenvalue weighted by molar-refractivity contribution is -0.119. The minimum absolute atomic E-state index is 0.0955. The fraction of sp³-hybridized carbons (Fsp3) is 0.105. The van der Waals surface area contributed by atoms with Crippen molar-refractivity contribution in [2.75, 3.05) is 0 Å². The smallest absolute Gasteiger partial charge is 0.274 e. The number of carbonyl (C=O) groups excluding carboxylic acids is 2. The number of nitrogens with one attached hydrogen (secondary N) is 1. The SMILES string of the molecule is NC(=O)[C@H](Cc1ccccc1)NC(=O)c1cc(-c2ccccc2)on1. The van der Waals surface area contributed by atoms with Crippen molar-refractivity contribution in [3.8, 4) is 11.3 Å². The summed E-state index contributed by atoms with van der Waals surface area (Å²) in [6.45, 7) is 0. The van der Waals surface area contributed by atoms with Gasteiger partial charge in [-0.25, -0.2) is 0 Å². The zero-order valence-corrected chi connectivity index (χ0v) is 13.4. The summed E-state index contributed by atoms with van der Waals surface area (Å²) in [6.07, 6.45) is 0.311. The van der Waals surface area contributed by atoms with Crippen LogP contribution in [0.15, 0.2) is 71.3 Å². The molecule has 2 amide bonds. The van der Waals surface area contributed by atoms with Gasteiger partial charge in [0.25, 0.3) is 5.91 Å². The third-order valence-corrected chi connectivity index (χ3v) is 3.73. The van der Waals surface area contributed by atoms with Gasteiger partial charge in [-0.15, -0.1) is 0 Å². The van der Waals surface area contributed by atoms with Gasteiger partial charge in [-0.2, -0.15) is 0 Å². The molecule has 0 radical (unpaired) electrons. The molecule has 0 fully saturated rings. The van der Waals surface area contributed by atoms with Gasteiger partial charge in [-0.3, -0.25) is 9.59 Å². The van der Waals surface area contributed by atoms with E-state index in [-0.39, 0.29) is 5.69 Å². The molecule has 126 valence electrons. The highest BCUT2D eigenvalue weighted by atomic mass is 16.5. The molecule has 1 heterocycles. The molecule has 0 spiro atoms. The Hall–Kier alpha value is -3.41. The molecule has 2 aromatic carbocycles. The highest BCUT2D eigenvalue weighted by molar-refractivity contribution is 5.96. The van der Waals surface area contributed by atoms with Crippen LogP contribution in [0, 0.1) is 0 Å². The lowest BCUT2D eigenvalue weighted by atomic mass is 10.1. The Kier molecular flexibility index (Phi) is 4.89. The van der Waals surface area contributed by atoms with Gasteiger partial charge in [0.05, 0.1) is 0 Å². The van der Waals surface area contributed by atoms with Gasteiger partial charge in [-0.05, 0) is 5.56 Å². The van der Waals surface area contributed by atoms with E-state index in [1.165, 1.54) is 6.07 Å². The van der Waals surface area contributed by atoms with Crippen LogP contribution in [-0.2, 0) is 11.2 Å². The van der Waals surface area contributed by atoms with E-state index in [0.717, 1.165) is 11.1 Å². The summed E-state index contributed by atoms with van der Waals surface area (Å²) < 4.78 is 5.21. The molecule has 0 saturated carbocycles. The van der Waals surface area contributed by atoms with Gasteiger partial charge < -0.3 is 15.6 Å². The molecule has 1 aromatic heterocycles. The summed E-state index contributed by atoms with van der Waals surface area (Å²) in [5.41, 5.74) is 7.21. The third-order valence-electron chi connectivity index (χ3n) is 3.73. The van der Waals surface area contributed by atoms with Crippen LogP contribution >= 0.6 is 0 Å². The number of aromatic nitrogens is 1. The minimum Gasteiger partial charge on any atom is -0.368 e. The molecule has 3 N–H and O–H groups in total. The number of nitrogens with zero attached hydrogens (tertiary/aromatic N) is 1. The second-order valence-corrected chi connectivity index (χ2v) is 5.56. The summed E-state index contributed by atoms with van der Waals surface area (Å²) in [5.74, 6) is -0.640. The first-order valence-electron chi connectivity index (χ1n) is 7.80. The Labute approximate surface area is 144 Å². The van der Waals surface area contributed by atoms with E-state index in [1.54, 1.807) is 0 Å². The van der Waals surface area contributed by atoms with Gasteiger partial charge in [0, 0.05) is 18.1 Å². The molecule has 0 aliphatic heterocycles. The highest BCUT2D eigenvalue weighted by Gasteiger charge is 2.21. The largest absolute Gasteiger partial charge is 0.368 e. The van der Waals surface area contributed by atoms with E-state index in [1.807, 2.05) is 60.7 Å². The Morgan fingerprint density at radius 1 is 1.04 bits per heavy atom. The highest BCUT2D eigenvalue weighted by Crippen LogP contribution is 2.19. The third kappa shape index (κ3) is 4.11. The van der Waals surface area contributed by atoms with Gasteiger partial charge in [-0.1, -0.05) is 65.8 Å².